The zero-order valence-electron chi connectivity index (χ0n) is 14.7. The normalized spacial score (nSPS) is 18.6. The van der Waals surface area contributed by atoms with Gasteiger partial charge in [0, 0.05) is 0 Å². The van der Waals surface area contributed by atoms with Crippen molar-refractivity contribution in [2.24, 2.45) is 11.8 Å². The molecule has 134 valence electrons. The lowest BCUT2D eigenvalue weighted by Crippen LogP contribution is -2.43. The van der Waals surface area contributed by atoms with Crippen molar-refractivity contribution in [3.8, 4) is 0 Å². The van der Waals surface area contributed by atoms with Gasteiger partial charge in [0.15, 0.2) is 0 Å². The van der Waals surface area contributed by atoms with E-state index in [1.165, 1.54) is 0 Å². The number of carbonyl (C=O) groups is 2. The molecule has 2 fully saturated rings. The topological polar surface area (TPSA) is 58.2 Å². The first-order chi connectivity index (χ1) is 12.7. The van der Waals surface area contributed by atoms with Gasteiger partial charge in [-0.25, -0.2) is 0 Å². The molecule has 0 aliphatic heterocycles. The summed E-state index contributed by atoms with van der Waals surface area (Å²) in [7, 11) is 0. The predicted molar refractivity (Wildman–Crippen MR) is 100 cm³/mol. The molecule has 2 amide bonds. The Morgan fingerprint density at radius 1 is 0.654 bits per heavy atom. The summed E-state index contributed by atoms with van der Waals surface area (Å²) in [4.78, 5) is 25.1. The summed E-state index contributed by atoms with van der Waals surface area (Å²) in [5.74, 6) is -0.204. The van der Waals surface area contributed by atoms with Crippen LogP contribution in [0.4, 0.5) is 0 Å². The summed E-state index contributed by atoms with van der Waals surface area (Å²) in [6.45, 7) is 0. The third kappa shape index (κ3) is 3.96. The van der Waals surface area contributed by atoms with Gasteiger partial charge in [-0.2, -0.15) is 0 Å². The fraction of sp³-hybridized carbons (Fsp3) is 0.364. The minimum absolute atomic E-state index is 0.0782. The van der Waals surface area contributed by atoms with Crippen LogP contribution in [0.2, 0.25) is 0 Å². The van der Waals surface area contributed by atoms with Gasteiger partial charge in [-0.05, 0) is 48.6 Å². The van der Waals surface area contributed by atoms with Gasteiger partial charge in [-0.1, -0.05) is 60.7 Å². The van der Waals surface area contributed by atoms with Gasteiger partial charge in [0.05, 0.1) is 12.1 Å². The molecule has 2 aliphatic rings. The second-order valence-corrected chi connectivity index (χ2v) is 7.40. The average Bonchev–Trinajstić information content (AvgIpc) is 3.58. The molecule has 0 spiro atoms. The quantitative estimate of drug-likeness (QED) is 0.785. The second-order valence-electron chi connectivity index (χ2n) is 7.40. The molecule has 0 radical (unpaired) electrons. The van der Waals surface area contributed by atoms with E-state index in [1.54, 1.807) is 0 Å². The lowest BCUT2D eigenvalue weighted by atomic mass is 10.0. The first-order valence-corrected chi connectivity index (χ1v) is 9.43. The molecular weight excluding hydrogens is 324 g/mol. The largest absolute Gasteiger partial charge is 0.341 e. The van der Waals surface area contributed by atoms with Crippen molar-refractivity contribution in [3.05, 3.63) is 71.8 Å². The Balaban J connectivity index is 1.43. The Bertz CT molecular complexity index is 700. The molecule has 0 aromatic heterocycles. The number of amides is 2. The highest BCUT2D eigenvalue weighted by Gasteiger charge is 2.37. The van der Waals surface area contributed by atoms with Crippen LogP contribution in [0.15, 0.2) is 60.7 Å². The molecule has 4 nitrogen and oxygen atoms in total. The highest BCUT2D eigenvalue weighted by atomic mass is 16.2. The van der Waals surface area contributed by atoms with E-state index in [0.717, 1.165) is 36.8 Å². The van der Waals surface area contributed by atoms with Crippen LogP contribution in [0.5, 0.6) is 0 Å². The highest BCUT2D eigenvalue weighted by molar-refractivity contribution is 6.35. The van der Waals surface area contributed by atoms with E-state index < -0.39 is 11.8 Å². The maximum Gasteiger partial charge on any atom is 0.309 e. The summed E-state index contributed by atoms with van der Waals surface area (Å²) in [6.07, 6.45) is 4.37. The number of hydrogen-bond donors (Lipinski definition) is 2. The molecule has 2 unspecified atom stereocenters. The standard InChI is InChI=1S/C22H24N2O2/c25-21(23-19(17-11-12-17)15-7-3-1-4-8-15)22(26)24-20(18-13-14-18)16-9-5-2-6-10-16/h1-10,17-20H,11-14H2,(H,23,25)(H,24,26). The summed E-state index contributed by atoms with van der Waals surface area (Å²) in [5, 5.41) is 5.92. The van der Waals surface area contributed by atoms with Crippen molar-refractivity contribution in [2.45, 2.75) is 37.8 Å². The third-order valence-corrected chi connectivity index (χ3v) is 5.28. The number of nitrogens with one attached hydrogen (secondary N) is 2. The summed E-state index contributed by atoms with van der Waals surface area (Å²) >= 11 is 0. The van der Waals surface area contributed by atoms with Gasteiger partial charge in [-0.15, -0.1) is 0 Å². The Morgan fingerprint density at radius 2 is 1.00 bits per heavy atom. The monoisotopic (exact) mass is 348 g/mol. The maximum absolute atomic E-state index is 12.5. The zero-order chi connectivity index (χ0) is 17.9. The highest BCUT2D eigenvalue weighted by Crippen LogP contribution is 2.42. The molecule has 2 aromatic rings. The Hall–Kier alpha value is -2.62. The smallest absolute Gasteiger partial charge is 0.309 e. The van der Waals surface area contributed by atoms with Crippen LogP contribution >= 0.6 is 0 Å². The summed E-state index contributed by atoms with van der Waals surface area (Å²) < 4.78 is 0. The number of benzene rings is 2. The second kappa shape index (κ2) is 7.32. The van der Waals surface area contributed by atoms with Crippen LogP contribution < -0.4 is 10.6 Å². The van der Waals surface area contributed by atoms with Gasteiger partial charge in [-0.3, -0.25) is 9.59 Å². The van der Waals surface area contributed by atoms with Crippen LogP contribution in [0, 0.1) is 11.8 Å². The molecule has 26 heavy (non-hydrogen) atoms. The molecule has 2 saturated carbocycles. The Morgan fingerprint density at radius 3 is 1.31 bits per heavy atom. The number of rotatable bonds is 6. The van der Waals surface area contributed by atoms with Gasteiger partial charge in [0.1, 0.15) is 0 Å². The lowest BCUT2D eigenvalue weighted by molar-refractivity contribution is -0.140. The van der Waals surface area contributed by atoms with Gasteiger partial charge < -0.3 is 10.6 Å². The zero-order valence-corrected chi connectivity index (χ0v) is 14.7. The van der Waals surface area contributed by atoms with E-state index in [2.05, 4.69) is 10.6 Å². The minimum atomic E-state index is -0.535. The molecule has 0 heterocycles. The van der Waals surface area contributed by atoms with Crippen LogP contribution in [-0.4, -0.2) is 11.8 Å². The molecule has 0 bridgehead atoms. The summed E-state index contributed by atoms with van der Waals surface area (Å²) in [5.41, 5.74) is 2.14. The van der Waals surface area contributed by atoms with Crippen molar-refractivity contribution in [2.75, 3.05) is 0 Å². The molecular formula is C22H24N2O2. The number of hydrogen-bond acceptors (Lipinski definition) is 2. The molecule has 2 N–H and O–H groups in total. The van der Waals surface area contributed by atoms with Gasteiger partial charge in [0.25, 0.3) is 0 Å². The van der Waals surface area contributed by atoms with Crippen molar-refractivity contribution >= 4 is 11.8 Å². The SMILES string of the molecule is O=C(NC(c1ccccc1)C1CC1)C(=O)NC(c1ccccc1)C1CC1. The van der Waals surface area contributed by atoms with E-state index in [4.69, 9.17) is 0 Å². The Labute approximate surface area is 154 Å². The van der Waals surface area contributed by atoms with E-state index in [-0.39, 0.29) is 12.1 Å². The van der Waals surface area contributed by atoms with Crippen molar-refractivity contribution < 1.29 is 9.59 Å². The van der Waals surface area contributed by atoms with Crippen molar-refractivity contribution in [1.82, 2.24) is 10.6 Å². The minimum Gasteiger partial charge on any atom is -0.341 e. The summed E-state index contributed by atoms with van der Waals surface area (Å²) in [6, 6.07) is 19.7. The molecule has 4 heteroatoms. The van der Waals surface area contributed by atoms with Crippen LogP contribution in [0.1, 0.15) is 48.9 Å². The van der Waals surface area contributed by atoms with E-state index in [1.807, 2.05) is 60.7 Å². The average molecular weight is 348 g/mol. The molecule has 2 atom stereocenters. The fourth-order valence-electron chi connectivity index (χ4n) is 3.54. The van der Waals surface area contributed by atoms with E-state index >= 15 is 0 Å². The first-order valence-electron chi connectivity index (χ1n) is 9.43. The van der Waals surface area contributed by atoms with Crippen molar-refractivity contribution in [3.63, 3.8) is 0 Å². The first kappa shape index (κ1) is 16.8. The van der Waals surface area contributed by atoms with Gasteiger partial charge >= 0.3 is 11.8 Å². The molecule has 2 aliphatic carbocycles. The molecule has 4 rings (SSSR count). The predicted octanol–water partition coefficient (Wildman–Crippen LogP) is 3.52. The van der Waals surface area contributed by atoms with Crippen LogP contribution in [0.3, 0.4) is 0 Å². The van der Waals surface area contributed by atoms with Gasteiger partial charge in [0.2, 0.25) is 0 Å². The molecule has 0 saturated heterocycles. The maximum atomic E-state index is 12.5. The van der Waals surface area contributed by atoms with Crippen LogP contribution in [0.25, 0.3) is 0 Å². The molecule has 2 aromatic carbocycles. The lowest BCUT2D eigenvalue weighted by Gasteiger charge is -2.21. The van der Waals surface area contributed by atoms with Crippen molar-refractivity contribution in [1.29, 1.82) is 0 Å². The number of carbonyl (C=O) groups excluding carboxylic acids is 2. The van der Waals surface area contributed by atoms with E-state index in [0.29, 0.717) is 11.8 Å². The van der Waals surface area contributed by atoms with E-state index in [9.17, 15) is 9.59 Å². The Kier molecular flexibility index (Phi) is 4.74. The van der Waals surface area contributed by atoms with Crippen LogP contribution in [-0.2, 0) is 9.59 Å². The third-order valence-electron chi connectivity index (χ3n) is 5.28. The fourth-order valence-corrected chi connectivity index (χ4v) is 3.54.